The number of alkyl halides is 3. The van der Waals surface area contributed by atoms with Crippen LogP contribution < -0.4 is 0 Å². The van der Waals surface area contributed by atoms with Crippen LogP contribution in [0.1, 0.15) is 11.3 Å². The quantitative estimate of drug-likeness (QED) is 0.834. The number of pyridine rings is 1. The van der Waals surface area contributed by atoms with E-state index >= 15 is 0 Å². The van der Waals surface area contributed by atoms with Crippen molar-refractivity contribution >= 4 is 22.6 Å². The van der Waals surface area contributed by atoms with Crippen LogP contribution in [0.25, 0.3) is 0 Å². The molecule has 0 N–H and O–H groups in total. The molecular weight excluding hydrogens is 323 g/mol. The molecule has 0 bridgehead atoms. The predicted molar refractivity (Wildman–Crippen MR) is 85.6 cm³/mol. The third kappa shape index (κ3) is 3.85. The number of aliphatic imine (C=N–C) groups is 1. The second-order valence-corrected chi connectivity index (χ2v) is 6.06. The average Bonchev–Trinajstić information content (AvgIpc) is 2.95. The lowest BCUT2D eigenvalue weighted by atomic mass is 10.2. The molecule has 0 saturated carbocycles. The summed E-state index contributed by atoms with van der Waals surface area (Å²) in [7, 11) is 0. The van der Waals surface area contributed by atoms with Gasteiger partial charge in [0, 0.05) is 18.5 Å². The zero-order valence-corrected chi connectivity index (χ0v) is 12.9. The maximum Gasteiger partial charge on any atom is 0.418 e. The highest BCUT2D eigenvalue weighted by Crippen LogP contribution is 2.37. The molecule has 1 fully saturated rings. The lowest BCUT2D eigenvalue weighted by Gasteiger charge is -2.18. The summed E-state index contributed by atoms with van der Waals surface area (Å²) >= 11 is 1.46. The van der Waals surface area contributed by atoms with Crippen molar-refractivity contribution in [1.82, 2.24) is 9.88 Å². The molecule has 1 aromatic carbocycles. The Morgan fingerprint density at radius 3 is 2.65 bits per heavy atom. The maximum atomic E-state index is 13.1. The number of halogens is 3. The van der Waals surface area contributed by atoms with Gasteiger partial charge in [0.2, 0.25) is 0 Å². The van der Waals surface area contributed by atoms with Gasteiger partial charge in [-0.3, -0.25) is 4.98 Å². The Balaban J connectivity index is 1.87. The van der Waals surface area contributed by atoms with E-state index in [1.54, 1.807) is 12.3 Å². The van der Waals surface area contributed by atoms with E-state index in [2.05, 4.69) is 9.98 Å². The van der Waals surface area contributed by atoms with Crippen molar-refractivity contribution in [3.05, 3.63) is 59.9 Å². The van der Waals surface area contributed by atoms with E-state index in [4.69, 9.17) is 0 Å². The van der Waals surface area contributed by atoms with Crippen molar-refractivity contribution in [2.75, 3.05) is 12.3 Å². The zero-order valence-electron chi connectivity index (χ0n) is 12.1. The van der Waals surface area contributed by atoms with Gasteiger partial charge < -0.3 is 4.90 Å². The van der Waals surface area contributed by atoms with Gasteiger partial charge in [0.05, 0.1) is 23.5 Å². The number of amidine groups is 1. The molecular formula is C16H14F3N3S. The third-order valence-electron chi connectivity index (χ3n) is 3.37. The SMILES string of the molecule is FC(F)(F)c1ccccc1N=C1SCCN1Cc1ccccn1. The van der Waals surface area contributed by atoms with Crippen LogP contribution in [0.15, 0.2) is 53.7 Å². The van der Waals surface area contributed by atoms with Crippen molar-refractivity contribution in [1.29, 1.82) is 0 Å². The molecule has 0 amide bonds. The van der Waals surface area contributed by atoms with E-state index in [9.17, 15) is 13.2 Å². The fourth-order valence-corrected chi connectivity index (χ4v) is 3.28. The molecule has 120 valence electrons. The molecule has 0 unspecified atom stereocenters. The molecule has 0 radical (unpaired) electrons. The minimum Gasteiger partial charge on any atom is -0.344 e. The summed E-state index contributed by atoms with van der Waals surface area (Å²) in [5.41, 5.74) is 0.111. The molecule has 0 spiro atoms. The number of thioether (sulfide) groups is 1. The zero-order chi connectivity index (χ0) is 16.3. The molecule has 2 aromatic rings. The van der Waals surface area contributed by atoms with Crippen molar-refractivity contribution < 1.29 is 13.2 Å². The number of aromatic nitrogens is 1. The molecule has 1 saturated heterocycles. The maximum absolute atomic E-state index is 13.1. The van der Waals surface area contributed by atoms with Crippen LogP contribution in [0.3, 0.4) is 0 Å². The van der Waals surface area contributed by atoms with Gasteiger partial charge in [-0.05, 0) is 24.3 Å². The summed E-state index contributed by atoms with van der Waals surface area (Å²) in [5, 5.41) is 0.604. The molecule has 1 aliphatic rings. The minimum absolute atomic E-state index is 0.0459. The number of hydrogen-bond acceptors (Lipinski definition) is 3. The van der Waals surface area contributed by atoms with Gasteiger partial charge in [-0.1, -0.05) is 30.0 Å². The van der Waals surface area contributed by atoms with E-state index in [1.165, 1.54) is 23.9 Å². The molecule has 7 heteroatoms. The smallest absolute Gasteiger partial charge is 0.344 e. The number of nitrogens with zero attached hydrogens (tertiary/aromatic N) is 3. The molecule has 3 nitrogen and oxygen atoms in total. The predicted octanol–water partition coefficient (Wildman–Crippen LogP) is 4.34. The first-order chi connectivity index (χ1) is 11.0. The van der Waals surface area contributed by atoms with Crippen molar-refractivity contribution in [2.45, 2.75) is 12.7 Å². The standard InChI is InChI=1S/C16H14F3N3S/c17-16(18,19)13-6-1-2-7-14(13)21-15-22(9-10-23-15)11-12-5-3-4-8-20-12/h1-8H,9-11H2. The number of rotatable bonds is 3. The number of para-hydroxylation sites is 1. The summed E-state index contributed by atoms with van der Waals surface area (Å²) < 4.78 is 39.2. The topological polar surface area (TPSA) is 28.5 Å². The van der Waals surface area contributed by atoms with Crippen LogP contribution in [0.2, 0.25) is 0 Å². The van der Waals surface area contributed by atoms with E-state index in [-0.39, 0.29) is 5.69 Å². The number of benzene rings is 1. The van der Waals surface area contributed by atoms with Crippen LogP contribution in [-0.4, -0.2) is 27.3 Å². The fourth-order valence-electron chi connectivity index (χ4n) is 2.28. The van der Waals surface area contributed by atoms with Crippen molar-refractivity contribution in [3.63, 3.8) is 0 Å². The Morgan fingerprint density at radius 1 is 1.13 bits per heavy atom. The Kier molecular flexibility index (Phi) is 4.56. The van der Waals surface area contributed by atoms with Gasteiger partial charge in [-0.25, -0.2) is 4.99 Å². The van der Waals surface area contributed by atoms with Crippen LogP contribution in [-0.2, 0) is 12.7 Å². The first-order valence-corrected chi connectivity index (χ1v) is 8.05. The second-order valence-electron chi connectivity index (χ2n) is 5.00. The first-order valence-electron chi connectivity index (χ1n) is 7.06. The van der Waals surface area contributed by atoms with Crippen LogP contribution in [0.4, 0.5) is 18.9 Å². The van der Waals surface area contributed by atoms with E-state index < -0.39 is 11.7 Å². The monoisotopic (exact) mass is 337 g/mol. The number of hydrogen-bond donors (Lipinski definition) is 0. The van der Waals surface area contributed by atoms with Gasteiger partial charge in [0.15, 0.2) is 5.17 Å². The van der Waals surface area contributed by atoms with Crippen LogP contribution in [0.5, 0.6) is 0 Å². The Hall–Kier alpha value is -2.02. The summed E-state index contributed by atoms with van der Waals surface area (Å²) in [6, 6.07) is 11.0. The largest absolute Gasteiger partial charge is 0.418 e. The molecule has 0 atom stereocenters. The summed E-state index contributed by atoms with van der Waals surface area (Å²) in [6.07, 6.45) is -2.70. The highest BCUT2D eigenvalue weighted by atomic mass is 32.2. The van der Waals surface area contributed by atoms with E-state index in [0.717, 1.165) is 24.1 Å². The van der Waals surface area contributed by atoms with Crippen LogP contribution in [0, 0.1) is 0 Å². The lowest BCUT2D eigenvalue weighted by Crippen LogP contribution is -2.24. The van der Waals surface area contributed by atoms with Gasteiger partial charge in [0.1, 0.15) is 0 Å². The summed E-state index contributed by atoms with van der Waals surface area (Å²) in [5.74, 6) is 0.805. The summed E-state index contributed by atoms with van der Waals surface area (Å²) in [4.78, 5) is 10.5. The van der Waals surface area contributed by atoms with Gasteiger partial charge in [0.25, 0.3) is 0 Å². The molecule has 0 aliphatic carbocycles. The van der Waals surface area contributed by atoms with Gasteiger partial charge in [-0.15, -0.1) is 0 Å². The van der Waals surface area contributed by atoms with Crippen molar-refractivity contribution in [2.24, 2.45) is 4.99 Å². The first kappa shape index (κ1) is 15.9. The average molecular weight is 337 g/mol. The normalized spacial score (nSPS) is 17.0. The van der Waals surface area contributed by atoms with E-state index in [0.29, 0.717) is 11.7 Å². The van der Waals surface area contributed by atoms with Crippen molar-refractivity contribution in [3.8, 4) is 0 Å². The molecule has 1 aliphatic heterocycles. The Labute approximate surface area is 136 Å². The highest BCUT2D eigenvalue weighted by Gasteiger charge is 2.33. The van der Waals surface area contributed by atoms with Gasteiger partial charge in [-0.2, -0.15) is 13.2 Å². The lowest BCUT2D eigenvalue weighted by molar-refractivity contribution is -0.137. The van der Waals surface area contributed by atoms with E-state index in [1.807, 2.05) is 23.1 Å². The minimum atomic E-state index is -4.41. The Morgan fingerprint density at radius 2 is 1.91 bits per heavy atom. The van der Waals surface area contributed by atoms with Crippen LogP contribution >= 0.6 is 11.8 Å². The highest BCUT2D eigenvalue weighted by molar-refractivity contribution is 8.14. The Bertz CT molecular complexity index is 701. The molecule has 2 heterocycles. The summed E-state index contributed by atoms with van der Waals surface area (Å²) in [6.45, 7) is 1.29. The fraction of sp³-hybridized carbons (Fsp3) is 0.250. The van der Waals surface area contributed by atoms with Gasteiger partial charge >= 0.3 is 6.18 Å². The molecule has 3 rings (SSSR count). The molecule has 23 heavy (non-hydrogen) atoms. The second kappa shape index (κ2) is 6.62. The molecule has 1 aromatic heterocycles. The third-order valence-corrected chi connectivity index (χ3v) is 4.36.